The number of nitrogens with one attached hydrogen (secondary N) is 1. The van der Waals surface area contributed by atoms with Gasteiger partial charge in [0, 0.05) is 24.7 Å². The largest absolute Gasteiger partial charge is 0.273 e. The van der Waals surface area contributed by atoms with E-state index in [9.17, 15) is 10.1 Å². The Morgan fingerprint density at radius 2 is 2.31 bits per heavy atom. The van der Waals surface area contributed by atoms with Crippen molar-refractivity contribution in [3.8, 4) is 0 Å². The molecule has 84 valence electrons. The lowest BCUT2D eigenvalue weighted by Crippen LogP contribution is -2.36. The van der Waals surface area contributed by atoms with Crippen molar-refractivity contribution in [3.05, 3.63) is 39.9 Å². The summed E-state index contributed by atoms with van der Waals surface area (Å²) in [6.45, 7) is 0. The highest BCUT2D eigenvalue weighted by Crippen LogP contribution is 2.17. The van der Waals surface area contributed by atoms with Gasteiger partial charge >= 0.3 is 0 Å². The molecule has 0 amide bonds. The SMILES string of the molecule is CN1NN(Br)N=C1c1cccc([N+](=O)[O-])c1. The van der Waals surface area contributed by atoms with E-state index in [-0.39, 0.29) is 5.69 Å². The molecule has 0 bridgehead atoms. The van der Waals surface area contributed by atoms with Crippen LogP contribution >= 0.6 is 16.1 Å². The van der Waals surface area contributed by atoms with Crippen LogP contribution in [0.3, 0.4) is 0 Å². The van der Waals surface area contributed by atoms with Gasteiger partial charge in [-0.05, 0) is 0 Å². The molecule has 0 aliphatic carbocycles. The van der Waals surface area contributed by atoms with Crippen LogP contribution in [0.1, 0.15) is 5.56 Å². The zero-order chi connectivity index (χ0) is 11.7. The first-order valence-electron chi connectivity index (χ1n) is 4.37. The van der Waals surface area contributed by atoms with Crippen molar-refractivity contribution < 1.29 is 4.92 Å². The molecule has 0 atom stereocenters. The van der Waals surface area contributed by atoms with Crippen LogP contribution in [-0.2, 0) is 0 Å². The second-order valence-electron chi connectivity index (χ2n) is 3.15. The summed E-state index contributed by atoms with van der Waals surface area (Å²) >= 11 is 3.12. The van der Waals surface area contributed by atoms with Gasteiger partial charge in [-0.2, -0.15) is 0 Å². The normalized spacial score (nSPS) is 15.2. The number of benzene rings is 1. The minimum Gasteiger partial charge on any atom is -0.273 e. The molecule has 0 unspecified atom stereocenters. The number of non-ortho nitro benzene ring substituents is 1. The predicted octanol–water partition coefficient (Wildman–Crippen LogP) is 1.23. The van der Waals surface area contributed by atoms with E-state index in [1.54, 1.807) is 24.2 Å². The Morgan fingerprint density at radius 3 is 2.88 bits per heavy atom. The first-order valence-corrected chi connectivity index (χ1v) is 5.08. The summed E-state index contributed by atoms with van der Waals surface area (Å²) < 4.78 is 1.35. The van der Waals surface area contributed by atoms with Crippen LogP contribution in [-0.4, -0.2) is 27.0 Å². The van der Waals surface area contributed by atoms with Crippen LogP contribution in [0.5, 0.6) is 0 Å². The van der Waals surface area contributed by atoms with Crippen molar-refractivity contribution in [2.75, 3.05) is 7.05 Å². The van der Waals surface area contributed by atoms with Crippen LogP contribution in [0.15, 0.2) is 29.4 Å². The predicted molar refractivity (Wildman–Crippen MR) is 61.3 cm³/mol. The number of rotatable bonds is 2. The lowest BCUT2D eigenvalue weighted by molar-refractivity contribution is -0.384. The van der Waals surface area contributed by atoms with Gasteiger partial charge in [0.15, 0.2) is 5.84 Å². The maximum atomic E-state index is 10.6. The first kappa shape index (κ1) is 10.8. The van der Waals surface area contributed by atoms with Crippen molar-refractivity contribution in [2.45, 2.75) is 0 Å². The third kappa shape index (κ3) is 1.97. The van der Waals surface area contributed by atoms with Crippen LogP contribution < -0.4 is 5.53 Å². The molecule has 0 saturated heterocycles. The molecule has 1 aliphatic heterocycles. The Bertz CT molecular complexity index is 463. The summed E-state index contributed by atoms with van der Waals surface area (Å²) in [5.41, 5.74) is 3.54. The first-order chi connectivity index (χ1) is 7.58. The van der Waals surface area contributed by atoms with Crippen LogP contribution in [0.4, 0.5) is 5.69 Å². The molecule has 2 rings (SSSR count). The van der Waals surface area contributed by atoms with Crippen molar-refractivity contribution in [1.29, 1.82) is 0 Å². The van der Waals surface area contributed by atoms with Crippen LogP contribution in [0.25, 0.3) is 0 Å². The van der Waals surface area contributed by atoms with Gasteiger partial charge < -0.3 is 0 Å². The molecule has 1 aliphatic rings. The molecule has 0 saturated carbocycles. The van der Waals surface area contributed by atoms with Gasteiger partial charge in [0.1, 0.15) is 0 Å². The quantitative estimate of drug-likeness (QED) is 0.503. The van der Waals surface area contributed by atoms with Gasteiger partial charge in [0.25, 0.3) is 5.69 Å². The molecule has 1 aromatic carbocycles. The number of nitro benzene ring substituents is 1. The van der Waals surface area contributed by atoms with E-state index >= 15 is 0 Å². The second-order valence-corrected chi connectivity index (χ2v) is 3.82. The summed E-state index contributed by atoms with van der Waals surface area (Å²) in [6.07, 6.45) is 0. The topological polar surface area (TPSA) is 74.0 Å². The van der Waals surface area contributed by atoms with Gasteiger partial charge in [0.05, 0.1) is 21.1 Å². The number of hydrazone groups is 1. The molecule has 8 heteroatoms. The molecule has 0 spiro atoms. The molecule has 0 radical (unpaired) electrons. The average molecular weight is 286 g/mol. The van der Waals surface area contributed by atoms with Gasteiger partial charge in [-0.1, -0.05) is 12.1 Å². The van der Waals surface area contributed by atoms with Crippen molar-refractivity contribution in [1.82, 2.24) is 14.7 Å². The van der Waals surface area contributed by atoms with Gasteiger partial charge in [-0.25, -0.2) is 0 Å². The second kappa shape index (κ2) is 4.06. The Hall–Kier alpha value is -1.67. The minimum absolute atomic E-state index is 0.0432. The Labute approximate surface area is 99.8 Å². The zero-order valence-electron chi connectivity index (χ0n) is 8.29. The molecule has 7 nitrogen and oxygen atoms in total. The average Bonchev–Trinajstić information content (AvgIpc) is 2.58. The standard InChI is InChI=1S/C8H8BrN5O2/c1-12-8(10-14(9)11-12)6-3-2-4-7(5-6)13(15)16/h2-5,11H,1H3. The summed E-state index contributed by atoms with van der Waals surface area (Å²) in [7, 11) is 1.76. The van der Waals surface area contributed by atoms with Crippen molar-refractivity contribution in [3.63, 3.8) is 0 Å². The van der Waals surface area contributed by atoms with E-state index in [4.69, 9.17) is 0 Å². The van der Waals surface area contributed by atoms with Gasteiger partial charge in [0.2, 0.25) is 0 Å². The van der Waals surface area contributed by atoms with Crippen LogP contribution in [0.2, 0.25) is 0 Å². The number of nitrogens with zero attached hydrogens (tertiary/aromatic N) is 4. The number of nitro groups is 1. The number of amidine groups is 1. The minimum atomic E-state index is -0.432. The van der Waals surface area contributed by atoms with Crippen molar-refractivity contribution >= 4 is 27.7 Å². The summed E-state index contributed by atoms with van der Waals surface area (Å²) in [5.74, 6) is 0.598. The number of halogens is 1. The van der Waals surface area contributed by atoms with E-state index < -0.39 is 4.92 Å². The van der Waals surface area contributed by atoms with Gasteiger partial charge in [-0.3, -0.25) is 15.1 Å². The fourth-order valence-electron chi connectivity index (χ4n) is 1.35. The van der Waals surface area contributed by atoms with E-state index in [0.29, 0.717) is 11.4 Å². The molecule has 0 aromatic heterocycles. The highest BCUT2D eigenvalue weighted by Gasteiger charge is 2.20. The highest BCUT2D eigenvalue weighted by molar-refractivity contribution is 9.07. The third-order valence-electron chi connectivity index (χ3n) is 2.05. The molecule has 1 aromatic rings. The monoisotopic (exact) mass is 285 g/mol. The Kier molecular flexibility index (Phi) is 2.75. The fraction of sp³-hybridized carbons (Fsp3) is 0.125. The maximum absolute atomic E-state index is 10.6. The van der Waals surface area contributed by atoms with E-state index in [0.717, 1.165) is 0 Å². The highest BCUT2D eigenvalue weighted by atomic mass is 79.9. The van der Waals surface area contributed by atoms with Crippen LogP contribution in [0, 0.1) is 10.1 Å². The molecule has 16 heavy (non-hydrogen) atoms. The zero-order valence-corrected chi connectivity index (χ0v) is 9.88. The van der Waals surface area contributed by atoms with E-state index in [2.05, 4.69) is 26.8 Å². The molecule has 1 heterocycles. The molecular weight excluding hydrogens is 278 g/mol. The number of hydrogen-bond donors (Lipinski definition) is 1. The summed E-state index contributed by atoms with van der Waals surface area (Å²) in [4.78, 5) is 10.2. The van der Waals surface area contributed by atoms with Gasteiger partial charge in [-0.15, -0.1) is 14.8 Å². The lowest BCUT2D eigenvalue weighted by Gasteiger charge is -2.13. The Morgan fingerprint density at radius 1 is 1.56 bits per heavy atom. The van der Waals surface area contributed by atoms with Crippen molar-refractivity contribution in [2.24, 2.45) is 5.10 Å². The smallest absolute Gasteiger partial charge is 0.270 e. The summed E-state index contributed by atoms with van der Waals surface area (Å²) in [5, 5.41) is 16.4. The maximum Gasteiger partial charge on any atom is 0.270 e. The van der Waals surface area contributed by atoms with E-state index in [1.807, 2.05) is 0 Å². The Balaban J connectivity index is 2.37. The summed E-state index contributed by atoms with van der Waals surface area (Å²) in [6, 6.07) is 6.30. The lowest BCUT2D eigenvalue weighted by atomic mass is 10.2. The molecule has 0 fully saturated rings. The van der Waals surface area contributed by atoms with E-state index in [1.165, 1.54) is 16.3 Å². The molecule has 1 N–H and O–H groups in total. The number of hydrazine groups is 2. The molecular formula is C8H8BrN5O2. The number of hydrogen-bond acceptors (Lipinski definition) is 6. The third-order valence-corrected chi connectivity index (χ3v) is 2.37. The fourth-order valence-corrected chi connectivity index (χ4v) is 1.74.